The monoisotopic (exact) mass is 122 g/mol. The standard InChI is InChI=1S/C5H8ClF/c1-3-4(2)5(3,6)7/h3-4H,1-2H3/t3-,4-/m1/s1. The van der Waals surface area contributed by atoms with Crippen molar-refractivity contribution in [3.05, 3.63) is 0 Å². The summed E-state index contributed by atoms with van der Waals surface area (Å²) >= 11 is 5.28. The minimum Gasteiger partial charge on any atom is -0.226 e. The van der Waals surface area contributed by atoms with Crippen LogP contribution in [-0.2, 0) is 0 Å². The van der Waals surface area contributed by atoms with Gasteiger partial charge in [-0.1, -0.05) is 25.4 Å². The zero-order chi connectivity index (χ0) is 5.65. The van der Waals surface area contributed by atoms with E-state index in [1.54, 1.807) is 0 Å². The molecular formula is C5H8ClF. The largest absolute Gasteiger partial charge is 0.226 e. The normalized spacial score (nSPS) is 60.0. The molecule has 0 saturated heterocycles. The summed E-state index contributed by atoms with van der Waals surface area (Å²) in [6.07, 6.45) is 0. The molecule has 2 atom stereocenters. The SMILES string of the molecule is C[C@@H]1[C@@H](C)C1(F)Cl. The first-order valence-electron chi connectivity index (χ1n) is 2.44. The Labute approximate surface area is 47.7 Å². The molecule has 0 aromatic carbocycles. The highest BCUT2D eigenvalue weighted by Gasteiger charge is 2.59. The Morgan fingerprint density at radius 1 is 1.43 bits per heavy atom. The molecule has 0 unspecified atom stereocenters. The van der Waals surface area contributed by atoms with Crippen molar-refractivity contribution in [1.29, 1.82) is 0 Å². The van der Waals surface area contributed by atoms with Crippen molar-refractivity contribution in [2.24, 2.45) is 11.8 Å². The van der Waals surface area contributed by atoms with E-state index < -0.39 is 5.13 Å². The van der Waals surface area contributed by atoms with Crippen LogP contribution in [0.15, 0.2) is 0 Å². The highest BCUT2D eigenvalue weighted by Crippen LogP contribution is 2.56. The van der Waals surface area contributed by atoms with Crippen molar-refractivity contribution in [3.63, 3.8) is 0 Å². The van der Waals surface area contributed by atoms with E-state index in [0.717, 1.165) is 0 Å². The molecule has 0 nitrogen and oxygen atoms in total. The van der Waals surface area contributed by atoms with Crippen molar-refractivity contribution in [2.45, 2.75) is 19.0 Å². The van der Waals surface area contributed by atoms with E-state index in [-0.39, 0.29) is 11.8 Å². The van der Waals surface area contributed by atoms with E-state index in [4.69, 9.17) is 11.6 Å². The number of hydrogen-bond acceptors (Lipinski definition) is 0. The highest BCUT2D eigenvalue weighted by molar-refractivity contribution is 6.25. The lowest BCUT2D eigenvalue weighted by molar-refractivity contribution is 0.387. The molecule has 1 rings (SSSR count). The van der Waals surface area contributed by atoms with Crippen LogP contribution in [0.4, 0.5) is 4.39 Å². The molecule has 0 aliphatic heterocycles. The molecule has 7 heavy (non-hydrogen) atoms. The lowest BCUT2D eigenvalue weighted by atomic mass is 10.4. The fourth-order valence-electron chi connectivity index (χ4n) is 0.674. The van der Waals surface area contributed by atoms with Gasteiger partial charge in [0.25, 0.3) is 0 Å². The van der Waals surface area contributed by atoms with Gasteiger partial charge in [-0.15, -0.1) is 0 Å². The van der Waals surface area contributed by atoms with Gasteiger partial charge in [-0.2, -0.15) is 0 Å². The van der Waals surface area contributed by atoms with Crippen LogP contribution in [0.5, 0.6) is 0 Å². The van der Waals surface area contributed by atoms with Gasteiger partial charge < -0.3 is 0 Å². The van der Waals surface area contributed by atoms with Crippen LogP contribution < -0.4 is 0 Å². The van der Waals surface area contributed by atoms with Gasteiger partial charge in [-0.05, 0) is 0 Å². The fourth-order valence-corrected chi connectivity index (χ4v) is 0.989. The second-order valence-electron chi connectivity index (χ2n) is 2.25. The fraction of sp³-hybridized carbons (Fsp3) is 1.00. The molecule has 1 fully saturated rings. The molecule has 0 aromatic heterocycles. The summed E-state index contributed by atoms with van der Waals surface area (Å²) in [5.74, 6) is 0.128. The average Bonchev–Trinajstić information content (AvgIpc) is 1.91. The smallest absolute Gasteiger partial charge is 0.189 e. The molecule has 1 aliphatic carbocycles. The number of hydrogen-bond donors (Lipinski definition) is 0. The second kappa shape index (κ2) is 1.13. The lowest BCUT2D eigenvalue weighted by Crippen LogP contribution is -1.87. The molecule has 42 valence electrons. The Hall–Kier alpha value is 0.220. The first-order chi connectivity index (χ1) is 3.07. The zero-order valence-corrected chi connectivity index (χ0v) is 5.17. The third-order valence-electron chi connectivity index (χ3n) is 1.86. The van der Waals surface area contributed by atoms with Gasteiger partial charge in [-0.25, -0.2) is 4.39 Å². The van der Waals surface area contributed by atoms with Crippen molar-refractivity contribution in [3.8, 4) is 0 Å². The summed E-state index contributed by atoms with van der Waals surface area (Å²) in [4.78, 5) is 0. The molecule has 0 N–H and O–H groups in total. The third kappa shape index (κ3) is 0.548. The summed E-state index contributed by atoms with van der Waals surface area (Å²) in [7, 11) is 0. The van der Waals surface area contributed by atoms with Gasteiger partial charge in [-0.3, -0.25) is 0 Å². The van der Waals surface area contributed by atoms with Gasteiger partial charge in [0, 0.05) is 11.8 Å². The van der Waals surface area contributed by atoms with Crippen LogP contribution in [0.3, 0.4) is 0 Å². The molecule has 0 heterocycles. The topological polar surface area (TPSA) is 0 Å². The van der Waals surface area contributed by atoms with E-state index in [1.807, 2.05) is 13.8 Å². The van der Waals surface area contributed by atoms with Gasteiger partial charge in [0.05, 0.1) is 0 Å². The molecule has 0 aromatic rings. The van der Waals surface area contributed by atoms with Crippen LogP contribution in [0, 0.1) is 11.8 Å². The van der Waals surface area contributed by atoms with Crippen molar-refractivity contribution >= 4 is 11.6 Å². The van der Waals surface area contributed by atoms with Gasteiger partial charge >= 0.3 is 0 Å². The maximum atomic E-state index is 12.4. The van der Waals surface area contributed by atoms with Crippen LogP contribution in [0.1, 0.15) is 13.8 Å². The summed E-state index contributed by atoms with van der Waals surface area (Å²) in [5.41, 5.74) is 0. The van der Waals surface area contributed by atoms with Crippen LogP contribution in [0.2, 0.25) is 0 Å². The molecule has 1 saturated carbocycles. The average molecular weight is 123 g/mol. The summed E-state index contributed by atoms with van der Waals surface area (Å²) in [6.45, 7) is 3.63. The minimum absolute atomic E-state index is 0.0640. The van der Waals surface area contributed by atoms with Crippen molar-refractivity contribution in [1.82, 2.24) is 0 Å². The third-order valence-corrected chi connectivity index (χ3v) is 2.54. The van der Waals surface area contributed by atoms with Gasteiger partial charge in [0.1, 0.15) is 0 Å². The summed E-state index contributed by atoms with van der Waals surface area (Å²) < 4.78 is 12.4. The molecule has 2 heteroatoms. The summed E-state index contributed by atoms with van der Waals surface area (Å²) in [5, 5.41) is -1.36. The van der Waals surface area contributed by atoms with E-state index in [2.05, 4.69) is 0 Å². The highest BCUT2D eigenvalue weighted by atomic mass is 35.5. The molecule has 0 amide bonds. The van der Waals surface area contributed by atoms with Gasteiger partial charge in [0.15, 0.2) is 5.13 Å². The molecule has 0 radical (unpaired) electrons. The predicted octanol–water partition coefficient (Wildman–Crippen LogP) is 2.18. The Bertz CT molecular complexity index is 80.1. The number of rotatable bonds is 0. The predicted molar refractivity (Wildman–Crippen MR) is 28.0 cm³/mol. The first kappa shape index (κ1) is 5.36. The minimum atomic E-state index is -1.36. The van der Waals surface area contributed by atoms with E-state index in [1.165, 1.54) is 0 Å². The van der Waals surface area contributed by atoms with Crippen molar-refractivity contribution in [2.75, 3.05) is 0 Å². The first-order valence-corrected chi connectivity index (χ1v) is 2.82. The van der Waals surface area contributed by atoms with Crippen LogP contribution >= 0.6 is 11.6 Å². The Morgan fingerprint density at radius 2 is 1.57 bits per heavy atom. The number of halogens is 2. The molecular weight excluding hydrogens is 115 g/mol. The second-order valence-corrected chi connectivity index (χ2v) is 2.83. The molecule has 0 bridgehead atoms. The lowest BCUT2D eigenvalue weighted by Gasteiger charge is -1.85. The van der Waals surface area contributed by atoms with E-state index >= 15 is 0 Å². The van der Waals surface area contributed by atoms with Gasteiger partial charge in [0.2, 0.25) is 0 Å². The Kier molecular flexibility index (Phi) is 0.869. The summed E-state index contributed by atoms with van der Waals surface area (Å²) in [6, 6.07) is 0. The zero-order valence-electron chi connectivity index (χ0n) is 4.41. The number of alkyl halides is 2. The quantitative estimate of drug-likeness (QED) is 0.432. The molecule has 0 spiro atoms. The van der Waals surface area contributed by atoms with Crippen LogP contribution in [-0.4, -0.2) is 5.13 Å². The van der Waals surface area contributed by atoms with Crippen LogP contribution in [0.25, 0.3) is 0 Å². The maximum absolute atomic E-state index is 12.4. The van der Waals surface area contributed by atoms with E-state index in [0.29, 0.717) is 0 Å². The molecule has 1 aliphatic rings. The Morgan fingerprint density at radius 3 is 1.57 bits per heavy atom. The van der Waals surface area contributed by atoms with Crippen molar-refractivity contribution < 1.29 is 4.39 Å². The Balaban J connectivity index is 2.52. The maximum Gasteiger partial charge on any atom is 0.189 e. The van der Waals surface area contributed by atoms with E-state index in [9.17, 15) is 4.39 Å².